The Balaban J connectivity index is 1.56. The molecule has 13 nitrogen and oxygen atoms in total. The van der Waals surface area contributed by atoms with E-state index in [-0.39, 0.29) is 55.3 Å². The van der Waals surface area contributed by atoms with Crippen LogP contribution in [-0.2, 0) is 29.2 Å². The van der Waals surface area contributed by atoms with Crippen LogP contribution in [-0.4, -0.2) is 103 Å². The van der Waals surface area contributed by atoms with Crippen LogP contribution in [0.3, 0.4) is 0 Å². The molecule has 2 aliphatic carbocycles. The summed E-state index contributed by atoms with van der Waals surface area (Å²) in [6.07, 6.45) is 14.5. The minimum absolute atomic E-state index is 0.0669. The Labute approximate surface area is 297 Å². The third-order valence-corrected chi connectivity index (χ3v) is 12.8. The summed E-state index contributed by atoms with van der Waals surface area (Å²) in [5, 5.41) is 11.2. The highest BCUT2D eigenvalue weighted by molar-refractivity contribution is 7.89. The molecule has 4 rings (SSSR count). The Morgan fingerprint density at radius 2 is 1.70 bits per heavy atom. The SMILES string of the molecule is C#CCCC(NC(=O)[C@@H]1[C@H]2CCC[C@H]2CN1C(=O)[C@@H](NC(=O)N[C@H](CN1CCCS1(=O)=O)C(C)(C)C)C1CCCCC1)C(=O)C(=O)NCC=C. The predicted molar refractivity (Wildman–Crippen MR) is 190 cm³/mol. The van der Waals surface area contributed by atoms with E-state index >= 15 is 0 Å². The summed E-state index contributed by atoms with van der Waals surface area (Å²) >= 11 is 0. The second kappa shape index (κ2) is 17.2. The summed E-state index contributed by atoms with van der Waals surface area (Å²) in [6, 6.07) is -4.01. The van der Waals surface area contributed by atoms with E-state index in [9.17, 15) is 32.4 Å². The quantitative estimate of drug-likeness (QED) is 0.121. The lowest BCUT2D eigenvalue weighted by molar-refractivity contribution is -0.144. The zero-order chi connectivity index (χ0) is 36.6. The van der Waals surface area contributed by atoms with Crippen LogP contribution in [0.25, 0.3) is 0 Å². The van der Waals surface area contributed by atoms with Crippen molar-refractivity contribution in [3.05, 3.63) is 12.7 Å². The number of nitrogens with one attached hydrogen (secondary N) is 4. The maximum atomic E-state index is 14.6. The average Bonchev–Trinajstić information content (AvgIpc) is 3.77. The van der Waals surface area contributed by atoms with Gasteiger partial charge in [0.2, 0.25) is 27.6 Å². The minimum atomic E-state index is -3.39. The molecule has 2 heterocycles. The van der Waals surface area contributed by atoms with Crippen molar-refractivity contribution in [2.24, 2.45) is 23.2 Å². The van der Waals surface area contributed by atoms with Crippen molar-refractivity contribution in [1.82, 2.24) is 30.5 Å². The molecule has 4 aliphatic rings. The van der Waals surface area contributed by atoms with Gasteiger partial charge in [0.05, 0.1) is 11.8 Å². The first-order valence-electron chi connectivity index (χ1n) is 18.2. The number of ketones is 1. The van der Waals surface area contributed by atoms with Gasteiger partial charge < -0.3 is 26.2 Å². The van der Waals surface area contributed by atoms with E-state index in [1.807, 2.05) is 20.8 Å². The summed E-state index contributed by atoms with van der Waals surface area (Å²) in [4.78, 5) is 69.7. The van der Waals surface area contributed by atoms with Gasteiger partial charge in [0.1, 0.15) is 12.1 Å². The molecule has 14 heteroatoms. The molecule has 50 heavy (non-hydrogen) atoms. The Morgan fingerprint density at radius 1 is 0.980 bits per heavy atom. The van der Waals surface area contributed by atoms with Crippen LogP contribution in [0.4, 0.5) is 4.79 Å². The number of sulfonamides is 1. The van der Waals surface area contributed by atoms with Gasteiger partial charge in [-0.1, -0.05) is 52.5 Å². The van der Waals surface area contributed by atoms with E-state index in [4.69, 9.17) is 6.42 Å². The molecule has 278 valence electrons. The van der Waals surface area contributed by atoms with E-state index in [0.29, 0.717) is 19.5 Å². The second-order valence-electron chi connectivity index (χ2n) is 15.4. The summed E-state index contributed by atoms with van der Waals surface area (Å²) in [5.74, 6) is -0.136. The van der Waals surface area contributed by atoms with Gasteiger partial charge in [-0.2, -0.15) is 4.31 Å². The molecular formula is C36H56N6O7S. The van der Waals surface area contributed by atoms with Gasteiger partial charge in [0, 0.05) is 38.6 Å². The van der Waals surface area contributed by atoms with Crippen molar-refractivity contribution in [3.8, 4) is 12.3 Å². The standard InChI is InChI=1S/C36H56N6O7S/c1-6-8-18-27(31(43)33(45)37-19-7-2)38-32(44)30-26-17-12-16-25(26)22-42(30)34(46)29(24-14-10-9-11-15-24)40-35(47)39-28(36(3,4)5)23-41-20-13-21-50(41,48)49/h1,7,24-30H,2,8-23H2,3-5H3,(H,37,45)(H,38,44)(H2,39,40,47)/t25-,26-,27?,28+,29-,30-/m0/s1. The van der Waals surface area contributed by atoms with E-state index in [1.165, 1.54) is 10.4 Å². The van der Waals surface area contributed by atoms with Gasteiger partial charge >= 0.3 is 6.03 Å². The maximum absolute atomic E-state index is 14.6. The van der Waals surface area contributed by atoms with Crippen molar-refractivity contribution < 1.29 is 32.4 Å². The normalized spacial score (nSPS) is 25.4. The summed E-state index contributed by atoms with van der Waals surface area (Å²) in [6.45, 7) is 10.3. The molecule has 1 unspecified atom stereocenters. The molecular weight excluding hydrogens is 660 g/mol. The minimum Gasteiger partial charge on any atom is -0.346 e. The molecule has 0 aromatic carbocycles. The van der Waals surface area contributed by atoms with E-state index in [2.05, 4.69) is 33.8 Å². The fourth-order valence-corrected chi connectivity index (χ4v) is 9.57. The zero-order valence-electron chi connectivity index (χ0n) is 29.9. The first kappa shape index (κ1) is 39.3. The van der Waals surface area contributed by atoms with Crippen molar-refractivity contribution in [1.29, 1.82) is 0 Å². The number of nitrogens with zero attached hydrogens (tertiary/aromatic N) is 2. The Hall–Kier alpha value is -3.44. The van der Waals surface area contributed by atoms with Crippen LogP contribution in [0.1, 0.15) is 91.4 Å². The van der Waals surface area contributed by atoms with E-state index < -0.39 is 63.2 Å². The van der Waals surface area contributed by atoms with Crippen molar-refractivity contribution in [2.45, 2.75) is 116 Å². The monoisotopic (exact) mass is 716 g/mol. The van der Waals surface area contributed by atoms with Gasteiger partial charge in [0.15, 0.2) is 0 Å². The number of terminal acetylenes is 1. The molecule has 0 radical (unpaired) electrons. The van der Waals surface area contributed by atoms with E-state index in [1.54, 1.807) is 4.90 Å². The number of hydrogen-bond acceptors (Lipinski definition) is 7. The second-order valence-corrected chi connectivity index (χ2v) is 17.5. The Bertz CT molecular complexity index is 1430. The largest absolute Gasteiger partial charge is 0.346 e. The van der Waals surface area contributed by atoms with Crippen molar-refractivity contribution in [3.63, 3.8) is 0 Å². The average molecular weight is 717 g/mol. The van der Waals surface area contributed by atoms with Crippen molar-refractivity contribution >= 4 is 39.6 Å². The third-order valence-electron chi connectivity index (χ3n) is 10.9. The molecule has 5 amide bonds. The number of urea groups is 1. The lowest BCUT2D eigenvalue weighted by atomic mass is 9.83. The number of Topliss-reactive ketones (excluding diaryl/α,β-unsaturated/α-hetero) is 1. The highest BCUT2D eigenvalue weighted by atomic mass is 32.2. The van der Waals surface area contributed by atoms with Gasteiger partial charge in [0.25, 0.3) is 5.91 Å². The van der Waals surface area contributed by atoms with Gasteiger partial charge in [-0.15, -0.1) is 18.9 Å². The summed E-state index contributed by atoms with van der Waals surface area (Å²) in [5.41, 5.74) is -0.481. The maximum Gasteiger partial charge on any atom is 0.315 e. The lowest BCUT2D eigenvalue weighted by Gasteiger charge is -2.37. The van der Waals surface area contributed by atoms with Gasteiger partial charge in [-0.05, 0) is 61.7 Å². The predicted octanol–water partition coefficient (Wildman–Crippen LogP) is 2.08. The Morgan fingerprint density at radius 3 is 2.32 bits per heavy atom. The number of likely N-dealkylation sites (tertiary alicyclic amines) is 1. The molecule has 2 saturated heterocycles. The molecule has 0 aromatic rings. The molecule has 0 bridgehead atoms. The molecule has 2 aliphatic heterocycles. The number of rotatable bonds is 14. The molecule has 0 aromatic heterocycles. The first-order chi connectivity index (χ1) is 23.7. The summed E-state index contributed by atoms with van der Waals surface area (Å²) in [7, 11) is -3.39. The van der Waals surface area contributed by atoms with Crippen LogP contribution in [0.2, 0.25) is 0 Å². The summed E-state index contributed by atoms with van der Waals surface area (Å²) < 4.78 is 26.6. The van der Waals surface area contributed by atoms with Crippen LogP contribution >= 0.6 is 0 Å². The van der Waals surface area contributed by atoms with Crippen LogP contribution < -0.4 is 21.3 Å². The molecule has 0 spiro atoms. The topological polar surface area (TPSA) is 174 Å². The molecule has 2 saturated carbocycles. The number of hydrogen-bond donors (Lipinski definition) is 4. The number of amides is 5. The Kier molecular flexibility index (Phi) is 13.5. The first-order valence-corrected chi connectivity index (χ1v) is 19.8. The van der Waals surface area contributed by atoms with Crippen molar-refractivity contribution in [2.75, 3.05) is 31.9 Å². The smallest absolute Gasteiger partial charge is 0.315 e. The van der Waals surface area contributed by atoms with Gasteiger partial charge in [-0.3, -0.25) is 19.2 Å². The third kappa shape index (κ3) is 9.66. The number of fused-ring (bicyclic) bond motifs is 1. The lowest BCUT2D eigenvalue weighted by Crippen LogP contribution is -2.61. The van der Waals surface area contributed by atoms with Gasteiger partial charge in [-0.25, -0.2) is 13.2 Å². The van der Waals surface area contributed by atoms with Crippen LogP contribution in [0.5, 0.6) is 0 Å². The zero-order valence-corrected chi connectivity index (χ0v) is 30.7. The number of carbonyl (C=O) groups excluding carboxylic acids is 5. The fraction of sp³-hybridized carbons (Fsp3) is 0.750. The highest BCUT2D eigenvalue weighted by Crippen LogP contribution is 2.43. The van der Waals surface area contributed by atoms with E-state index in [0.717, 1.165) is 51.4 Å². The molecule has 6 atom stereocenters. The highest BCUT2D eigenvalue weighted by Gasteiger charge is 2.52. The fourth-order valence-electron chi connectivity index (χ4n) is 8.04. The molecule has 4 N–H and O–H groups in total. The van der Waals surface area contributed by atoms with Crippen LogP contribution in [0.15, 0.2) is 12.7 Å². The van der Waals surface area contributed by atoms with Crippen LogP contribution in [0, 0.1) is 35.5 Å². The number of carbonyl (C=O) groups is 5. The molecule has 4 fully saturated rings.